The summed E-state index contributed by atoms with van der Waals surface area (Å²) in [7, 11) is 1.69. The number of ether oxygens (including phenoxy) is 1. The molecule has 0 radical (unpaired) electrons. The van der Waals surface area contributed by atoms with Crippen molar-refractivity contribution in [2.75, 3.05) is 13.7 Å². The van der Waals surface area contributed by atoms with Gasteiger partial charge in [-0.15, -0.1) is 0 Å². The van der Waals surface area contributed by atoms with Crippen molar-refractivity contribution in [1.29, 1.82) is 0 Å². The van der Waals surface area contributed by atoms with Gasteiger partial charge >= 0.3 is 0 Å². The Hall–Kier alpha value is -1.94. The first kappa shape index (κ1) is 13.5. The monoisotopic (exact) mass is 257 g/mol. The van der Waals surface area contributed by atoms with Gasteiger partial charge in [0.1, 0.15) is 12.1 Å². The van der Waals surface area contributed by atoms with Crippen LogP contribution in [0.2, 0.25) is 0 Å². The van der Waals surface area contributed by atoms with Crippen LogP contribution in [0.25, 0.3) is 0 Å². The van der Waals surface area contributed by atoms with Crippen LogP contribution in [0.4, 0.5) is 0 Å². The van der Waals surface area contributed by atoms with Gasteiger partial charge < -0.3 is 10.1 Å². The third-order valence-corrected chi connectivity index (χ3v) is 2.99. The Morgan fingerprint density at radius 3 is 2.89 bits per heavy atom. The van der Waals surface area contributed by atoms with Crippen molar-refractivity contribution in [3.63, 3.8) is 0 Å². The van der Waals surface area contributed by atoms with E-state index in [0.29, 0.717) is 0 Å². The average Bonchev–Trinajstić information content (AvgIpc) is 2.48. The van der Waals surface area contributed by atoms with E-state index >= 15 is 0 Å². The number of hydrogen-bond donors (Lipinski definition) is 1. The fourth-order valence-corrected chi connectivity index (χ4v) is 2.07. The van der Waals surface area contributed by atoms with Crippen molar-refractivity contribution < 1.29 is 4.74 Å². The Bertz CT molecular complexity index is 502. The molecule has 4 nitrogen and oxygen atoms in total. The summed E-state index contributed by atoms with van der Waals surface area (Å²) in [4.78, 5) is 8.30. The highest BCUT2D eigenvalue weighted by molar-refractivity contribution is 5.29. The molecule has 0 saturated carbocycles. The van der Waals surface area contributed by atoms with Gasteiger partial charge in [-0.3, -0.25) is 0 Å². The van der Waals surface area contributed by atoms with Crippen molar-refractivity contribution in [2.24, 2.45) is 0 Å². The van der Waals surface area contributed by atoms with Gasteiger partial charge in [-0.1, -0.05) is 19.1 Å². The molecular weight excluding hydrogens is 238 g/mol. The lowest BCUT2D eigenvalue weighted by Gasteiger charge is -2.17. The lowest BCUT2D eigenvalue weighted by Crippen LogP contribution is -2.23. The van der Waals surface area contributed by atoms with E-state index in [1.165, 1.54) is 5.56 Å². The third kappa shape index (κ3) is 3.76. The van der Waals surface area contributed by atoms with Gasteiger partial charge in [0, 0.05) is 6.20 Å². The maximum absolute atomic E-state index is 5.26. The topological polar surface area (TPSA) is 47.0 Å². The zero-order chi connectivity index (χ0) is 13.5. The van der Waals surface area contributed by atoms with Crippen LogP contribution in [0.1, 0.15) is 24.2 Å². The fraction of sp³-hybridized carbons (Fsp3) is 0.333. The number of hydrogen-bond acceptors (Lipinski definition) is 4. The van der Waals surface area contributed by atoms with E-state index in [1.54, 1.807) is 19.6 Å². The third-order valence-electron chi connectivity index (χ3n) is 2.99. The molecule has 1 N–H and O–H groups in total. The Kier molecular flexibility index (Phi) is 4.86. The van der Waals surface area contributed by atoms with E-state index in [0.717, 1.165) is 24.4 Å². The quantitative estimate of drug-likeness (QED) is 0.863. The minimum atomic E-state index is 0.195. The number of rotatable bonds is 6. The van der Waals surface area contributed by atoms with Gasteiger partial charge in [0.15, 0.2) is 0 Å². The van der Waals surface area contributed by atoms with E-state index in [1.807, 2.05) is 18.2 Å². The summed E-state index contributed by atoms with van der Waals surface area (Å²) in [5.74, 6) is 0.885. The van der Waals surface area contributed by atoms with E-state index in [2.05, 4.69) is 34.3 Å². The Labute approximate surface area is 113 Å². The molecule has 1 aromatic carbocycles. The number of methoxy groups -OCH3 is 1. The molecule has 100 valence electrons. The van der Waals surface area contributed by atoms with Crippen molar-refractivity contribution >= 4 is 0 Å². The summed E-state index contributed by atoms with van der Waals surface area (Å²) in [6.45, 7) is 3.00. The molecule has 0 spiro atoms. The smallest absolute Gasteiger partial charge is 0.119 e. The predicted molar refractivity (Wildman–Crippen MR) is 75.1 cm³/mol. The van der Waals surface area contributed by atoms with Gasteiger partial charge in [0.05, 0.1) is 18.8 Å². The number of likely N-dealkylation sites (N-methyl/N-ethyl adjacent to an activating group) is 1. The fourth-order valence-electron chi connectivity index (χ4n) is 2.07. The second-order valence-corrected chi connectivity index (χ2v) is 4.30. The van der Waals surface area contributed by atoms with Gasteiger partial charge in [-0.2, -0.15) is 0 Å². The summed E-state index contributed by atoms with van der Waals surface area (Å²) in [5, 5.41) is 3.45. The van der Waals surface area contributed by atoms with Gasteiger partial charge in [0.25, 0.3) is 0 Å². The van der Waals surface area contributed by atoms with Crippen LogP contribution in [0.5, 0.6) is 5.75 Å². The highest BCUT2D eigenvalue weighted by Crippen LogP contribution is 2.19. The largest absolute Gasteiger partial charge is 0.497 e. The van der Waals surface area contributed by atoms with E-state index in [-0.39, 0.29) is 6.04 Å². The van der Waals surface area contributed by atoms with Gasteiger partial charge in [0.2, 0.25) is 0 Å². The maximum atomic E-state index is 5.26. The van der Waals surface area contributed by atoms with E-state index < -0.39 is 0 Å². The first-order valence-corrected chi connectivity index (χ1v) is 6.45. The second kappa shape index (κ2) is 6.85. The standard InChI is InChI=1S/C15H19N3O/c1-3-17-15(14-7-8-16-11-18-14)10-12-5-4-6-13(9-12)19-2/h4-9,11,15,17H,3,10H2,1-2H3. The number of nitrogens with zero attached hydrogens (tertiary/aromatic N) is 2. The van der Waals surface area contributed by atoms with Crippen molar-refractivity contribution in [3.8, 4) is 5.75 Å². The predicted octanol–water partition coefficient (Wildman–Crippen LogP) is 2.38. The summed E-state index contributed by atoms with van der Waals surface area (Å²) in [6, 6.07) is 10.3. The van der Waals surface area contributed by atoms with Crippen LogP contribution in [0.3, 0.4) is 0 Å². The van der Waals surface area contributed by atoms with Gasteiger partial charge in [-0.05, 0) is 36.7 Å². The minimum absolute atomic E-state index is 0.195. The second-order valence-electron chi connectivity index (χ2n) is 4.30. The maximum Gasteiger partial charge on any atom is 0.119 e. The molecule has 4 heteroatoms. The lowest BCUT2D eigenvalue weighted by atomic mass is 10.0. The summed E-state index contributed by atoms with van der Waals surface area (Å²) in [6.07, 6.45) is 4.24. The first-order chi connectivity index (χ1) is 9.33. The van der Waals surface area contributed by atoms with Crippen molar-refractivity contribution in [3.05, 3.63) is 54.1 Å². The molecule has 1 heterocycles. The molecule has 1 atom stereocenters. The first-order valence-electron chi connectivity index (χ1n) is 6.45. The Morgan fingerprint density at radius 2 is 2.21 bits per heavy atom. The van der Waals surface area contributed by atoms with Crippen LogP contribution in [0, 0.1) is 0 Å². The van der Waals surface area contributed by atoms with Crippen LogP contribution < -0.4 is 10.1 Å². The SMILES string of the molecule is CCNC(Cc1cccc(OC)c1)c1ccncn1. The van der Waals surface area contributed by atoms with Crippen LogP contribution in [-0.4, -0.2) is 23.6 Å². The number of benzene rings is 1. The molecule has 1 aromatic heterocycles. The average molecular weight is 257 g/mol. The zero-order valence-electron chi connectivity index (χ0n) is 11.3. The van der Waals surface area contributed by atoms with Gasteiger partial charge in [-0.25, -0.2) is 9.97 Å². The molecule has 2 aromatic rings. The minimum Gasteiger partial charge on any atom is -0.497 e. The molecule has 1 unspecified atom stereocenters. The number of aromatic nitrogens is 2. The molecule has 0 saturated heterocycles. The molecule has 0 amide bonds. The zero-order valence-corrected chi connectivity index (χ0v) is 11.3. The molecule has 0 aliphatic rings. The van der Waals surface area contributed by atoms with Crippen LogP contribution >= 0.6 is 0 Å². The van der Waals surface area contributed by atoms with Crippen molar-refractivity contribution in [2.45, 2.75) is 19.4 Å². The molecular formula is C15H19N3O. The Balaban J connectivity index is 2.16. The molecule has 2 rings (SSSR count). The molecule has 0 aliphatic carbocycles. The highest BCUT2D eigenvalue weighted by Gasteiger charge is 2.12. The van der Waals surface area contributed by atoms with Crippen LogP contribution in [-0.2, 0) is 6.42 Å². The summed E-state index contributed by atoms with van der Waals surface area (Å²) < 4.78 is 5.26. The normalized spacial score (nSPS) is 12.1. The van der Waals surface area contributed by atoms with E-state index in [4.69, 9.17) is 4.74 Å². The van der Waals surface area contributed by atoms with E-state index in [9.17, 15) is 0 Å². The van der Waals surface area contributed by atoms with Crippen LogP contribution in [0.15, 0.2) is 42.9 Å². The number of nitrogens with one attached hydrogen (secondary N) is 1. The molecule has 0 bridgehead atoms. The molecule has 0 aliphatic heterocycles. The Morgan fingerprint density at radius 1 is 1.32 bits per heavy atom. The lowest BCUT2D eigenvalue weighted by molar-refractivity contribution is 0.413. The highest BCUT2D eigenvalue weighted by atomic mass is 16.5. The summed E-state index contributed by atoms with van der Waals surface area (Å²) in [5.41, 5.74) is 2.24. The summed E-state index contributed by atoms with van der Waals surface area (Å²) >= 11 is 0. The molecule has 19 heavy (non-hydrogen) atoms. The molecule has 0 fully saturated rings. The van der Waals surface area contributed by atoms with Crippen molar-refractivity contribution in [1.82, 2.24) is 15.3 Å².